The Morgan fingerprint density at radius 3 is 1.71 bits per heavy atom. The Morgan fingerprint density at radius 1 is 0.786 bits per heavy atom. The number of carbonyl (C=O) groups excluding carboxylic acids is 1. The van der Waals surface area contributed by atoms with Gasteiger partial charge in [0.2, 0.25) is 0 Å². The van der Waals surface area contributed by atoms with Crippen molar-refractivity contribution < 1.29 is 14.6 Å². The van der Waals surface area contributed by atoms with Gasteiger partial charge in [0.1, 0.15) is 11.3 Å². The van der Waals surface area contributed by atoms with E-state index in [9.17, 15) is 9.90 Å². The fraction of sp³-hybridized carbons (Fsp3) is 0.720. The predicted molar refractivity (Wildman–Crippen MR) is 118 cm³/mol. The highest BCUT2D eigenvalue weighted by atomic mass is 16.5. The molecule has 1 aromatic rings. The van der Waals surface area contributed by atoms with Crippen LogP contribution in [-0.2, 0) is 11.2 Å². The molecule has 160 valence electrons. The van der Waals surface area contributed by atoms with Gasteiger partial charge < -0.3 is 9.84 Å². The Labute approximate surface area is 172 Å². The van der Waals surface area contributed by atoms with Crippen LogP contribution in [0.1, 0.15) is 119 Å². The summed E-state index contributed by atoms with van der Waals surface area (Å²) < 4.78 is 4.79. The largest absolute Gasteiger partial charge is 0.507 e. The van der Waals surface area contributed by atoms with Crippen LogP contribution >= 0.6 is 0 Å². The molecule has 1 N–H and O–H groups in total. The number of benzene rings is 1. The highest BCUT2D eigenvalue weighted by Gasteiger charge is 2.16. The SMILES string of the molecule is CCCCCCCCCCCCCCCCCc1cccc(O)c1C(=O)OC. The van der Waals surface area contributed by atoms with Gasteiger partial charge >= 0.3 is 5.97 Å². The zero-order valence-corrected chi connectivity index (χ0v) is 18.3. The van der Waals surface area contributed by atoms with E-state index in [0.29, 0.717) is 5.56 Å². The predicted octanol–water partition coefficient (Wildman–Crippen LogP) is 7.59. The summed E-state index contributed by atoms with van der Waals surface area (Å²) in [5.41, 5.74) is 1.22. The average molecular weight is 391 g/mol. The number of hydrogen-bond acceptors (Lipinski definition) is 3. The van der Waals surface area contributed by atoms with E-state index in [1.54, 1.807) is 12.1 Å². The lowest BCUT2D eigenvalue weighted by Gasteiger charge is -2.09. The van der Waals surface area contributed by atoms with Gasteiger partial charge in [0, 0.05) is 0 Å². The van der Waals surface area contributed by atoms with Crippen LogP contribution in [0.5, 0.6) is 5.75 Å². The zero-order valence-electron chi connectivity index (χ0n) is 18.3. The Hall–Kier alpha value is -1.51. The van der Waals surface area contributed by atoms with E-state index in [-0.39, 0.29) is 5.75 Å². The number of hydrogen-bond donors (Lipinski definition) is 1. The molecule has 28 heavy (non-hydrogen) atoms. The molecule has 0 saturated carbocycles. The van der Waals surface area contributed by atoms with Crippen molar-refractivity contribution in [1.29, 1.82) is 0 Å². The molecular weight excluding hydrogens is 348 g/mol. The van der Waals surface area contributed by atoms with Crippen LogP contribution in [0, 0.1) is 0 Å². The Kier molecular flexibility index (Phi) is 14.4. The third kappa shape index (κ3) is 10.7. The minimum atomic E-state index is -0.450. The quantitative estimate of drug-likeness (QED) is 0.220. The molecule has 0 amide bonds. The first-order valence-corrected chi connectivity index (χ1v) is 11.6. The first-order chi connectivity index (χ1) is 13.7. The van der Waals surface area contributed by atoms with Gasteiger partial charge in [0.25, 0.3) is 0 Å². The molecular formula is C25H42O3. The highest BCUT2D eigenvalue weighted by molar-refractivity contribution is 5.94. The van der Waals surface area contributed by atoms with Crippen molar-refractivity contribution in [2.45, 2.75) is 110 Å². The normalized spacial score (nSPS) is 10.9. The Morgan fingerprint density at radius 2 is 1.25 bits per heavy atom. The smallest absolute Gasteiger partial charge is 0.341 e. The second kappa shape index (κ2) is 16.4. The van der Waals surface area contributed by atoms with Gasteiger partial charge in [-0.05, 0) is 24.5 Å². The summed E-state index contributed by atoms with van der Waals surface area (Å²) in [5, 5.41) is 9.92. The maximum atomic E-state index is 11.8. The van der Waals surface area contributed by atoms with Crippen molar-refractivity contribution in [1.82, 2.24) is 0 Å². The molecule has 3 heteroatoms. The Bertz CT molecular complexity index is 525. The molecule has 0 atom stereocenters. The van der Waals surface area contributed by atoms with Crippen molar-refractivity contribution in [2.75, 3.05) is 7.11 Å². The molecule has 0 aliphatic rings. The van der Waals surface area contributed by atoms with Gasteiger partial charge in [-0.2, -0.15) is 0 Å². The summed E-state index contributed by atoms with van der Waals surface area (Å²) in [6, 6.07) is 5.25. The van der Waals surface area contributed by atoms with E-state index in [2.05, 4.69) is 6.92 Å². The van der Waals surface area contributed by atoms with Crippen LogP contribution in [0.15, 0.2) is 18.2 Å². The summed E-state index contributed by atoms with van der Waals surface area (Å²) in [4.78, 5) is 11.8. The number of ether oxygens (including phenoxy) is 1. The van der Waals surface area contributed by atoms with E-state index < -0.39 is 5.97 Å². The number of aromatic hydroxyl groups is 1. The summed E-state index contributed by atoms with van der Waals surface area (Å²) in [6.45, 7) is 2.27. The van der Waals surface area contributed by atoms with Crippen molar-refractivity contribution in [3.05, 3.63) is 29.3 Å². The second-order valence-electron chi connectivity index (χ2n) is 8.00. The molecule has 0 radical (unpaired) electrons. The van der Waals surface area contributed by atoms with Crippen LogP contribution in [0.3, 0.4) is 0 Å². The number of phenols is 1. The fourth-order valence-corrected chi connectivity index (χ4v) is 3.82. The number of phenolic OH excluding ortho intramolecular Hbond substituents is 1. The lowest BCUT2D eigenvalue weighted by atomic mass is 9.99. The van der Waals surface area contributed by atoms with Gasteiger partial charge in [-0.3, -0.25) is 0 Å². The molecule has 0 unspecified atom stereocenters. The van der Waals surface area contributed by atoms with Gasteiger partial charge in [0.15, 0.2) is 0 Å². The van der Waals surface area contributed by atoms with Crippen molar-refractivity contribution >= 4 is 5.97 Å². The molecule has 0 fully saturated rings. The van der Waals surface area contributed by atoms with Crippen LogP contribution in [0.2, 0.25) is 0 Å². The fourth-order valence-electron chi connectivity index (χ4n) is 3.82. The van der Waals surface area contributed by atoms with Crippen molar-refractivity contribution in [3.8, 4) is 5.75 Å². The third-order valence-corrected chi connectivity index (χ3v) is 5.57. The summed E-state index contributed by atoms with van der Waals surface area (Å²) in [6.07, 6.45) is 21.0. The number of methoxy groups -OCH3 is 1. The molecule has 1 aromatic carbocycles. The first-order valence-electron chi connectivity index (χ1n) is 11.6. The molecule has 1 rings (SSSR count). The minimum Gasteiger partial charge on any atom is -0.507 e. The van der Waals surface area contributed by atoms with Crippen LogP contribution in [-0.4, -0.2) is 18.2 Å². The molecule has 0 aromatic heterocycles. The van der Waals surface area contributed by atoms with Crippen LogP contribution in [0.4, 0.5) is 0 Å². The highest BCUT2D eigenvalue weighted by Crippen LogP contribution is 2.24. The average Bonchev–Trinajstić information content (AvgIpc) is 2.70. The van der Waals surface area contributed by atoms with E-state index in [1.807, 2.05) is 6.07 Å². The summed E-state index contributed by atoms with van der Waals surface area (Å²) in [5.74, 6) is -0.431. The number of unbranched alkanes of at least 4 members (excludes halogenated alkanes) is 14. The van der Waals surface area contributed by atoms with E-state index in [0.717, 1.165) is 18.4 Å². The van der Waals surface area contributed by atoms with Gasteiger partial charge in [-0.25, -0.2) is 4.79 Å². The number of carbonyl (C=O) groups is 1. The standard InChI is InChI=1S/C25H42O3/c1-3-4-5-6-7-8-9-10-11-12-13-14-15-16-17-19-22-20-18-21-23(26)24(22)25(27)28-2/h18,20-21,26H,3-17,19H2,1-2H3. The first kappa shape index (κ1) is 24.5. The molecule has 0 aliphatic carbocycles. The molecule has 0 spiro atoms. The van der Waals surface area contributed by atoms with Crippen LogP contribution < -0.4 is 0 Å². The maximum absolute atomic E-state index is 11.8. The van der Waals surface area contributed by atoms with Gasteiger partial charge in [-0.15, -0.1) is 0 Å². The lowest BCUT2D eigenvalue weighted by molar-refractivity contribution is 0.0596. The topological polar surface area (TPSA) is 46.5 Å². The zero-order chi connectivity index (χ0) is 20.5. The number of esters is 1. The second-order valence-corrected chi connectivity index (χ2v) is 8.00. The molecule has 0 aliphatic heterocycles. The van der Waals surface area contributed by atoms with E-state index in [4.69, 9.17) is 4.74 Å². The summed E-state index contributed by atoms with van der Waals surface area (Å²) >= 11 is 0. The third-order valence-electron chi connectivity index (χ3n) is 5.57. The summed E-state index contributed by atoms with van der Waals surface area (Å²) in [7, 11) is 1.35. The number of rotatable bonds is 17. The Balaban J connectivity index is 1.99. The van der Waals surface area contributed by atoms with Gasteiger partial charge in [0.05, 0.1) is 7.11 Å². The van der Waals surface area contributed by atoms with Crippen LogP contribution in [0.25, 0.3) is 0 Å². The van der Waals surface area contributed by atoms with Crippen molar-refractivity contribution in [2.24, 2.45) is 0 Å². The van der Waals surface area contributed by atoms with E-state index >= 15 is 0 Å². The molecule has 0 saturated heterocycles. The number of aryl methyl sites for hydroxylation is 1. The van der Waals surface area contributed by atoms with Crippen molar-refractivity contribution in [3.63, 3.8) is 0 Å². The lowest BCUT2D eigenvalue weighted by Crippen LogP contribution is -2.06. The molecule has 0 bridgehead atoms. The van der Waals surface area contributed by atoms with E-state index in [1.165, 1.54) is 97.0 Å². The maximum Gasteiger partial charge on any atom is 0.341 e. The molecule has 0 heterocycles. The minimum absolute atomic E-state index is 0.0188. The molecule has 3 nitrogen and oxygen atoms in total. The monoisotopic (exact) mass is 390 g/mol. The van der Waals surface area contributed by atoms with Gasteiger partial charge in [-0.1, -0.05) is 109 Å².